The maximum atomic E-state index is 12.9. The summed E-state index contributed by atoms with van der Waals surface area (Å²) in [6.07, 6.45) is 3.34. The predicted octanol–water partition coefficient (Wildman–Crippen LogP) is 2.96. The lowest BCUT2D eigenvalue weighted by atomic mass is 10.1. The van der Waals surface area contributed by atoms with Crippen LogP contribution in [0.15, 0.2) is 29.9 Å². The smallest absolute Gasteiger partial charge is 0.274 e. The van der Waals surface area contributed by atoms with Gasteiger partial charge in [0.1, 0.15) is 0 Å². The molecule has 0 aliphatic carbocycles. The molecule has 4 heterocycles. The van der Waals surface area contributed by atoms with Crippen molar-refractivity contribution in [1.82, 2.24) is 25.2 Å². The number of carbonyl (C=O) groups is 1. The molecule has 9 heteroatoms. The van der Waals surface area contributed by atoms with E-state index in [4.69, 9.17) is 11.6 Å². The Morgan fingerprint density at radius 1 is 1.37 bits per heavy atom. The van der Waals surface area contributed by atoms with Gasteiger partial charge in [-0.2, -0.15) is 0 Å². The molecule has 1 atom stereocenters. The zero-order valence-electron chi connectivity index (χ0n) is 14.9. The third-order valence-corrected chi connectivity index (χ3v) is 5.77. The van der Waals surface area contributed by atoms with Crippen molar-refractivity contribution in [3.05, 3.63) is 46.2 Å². The molecular formula is C18H19ClN6OS. The number of fused-ring (bicyclic) bond motifs is 1. The molecule has 0 aromatic carbocycles. The number of hydrogen-bond acceptors (Lipinski definition) is 7. The minimum atomic E-state index is -0.104. The molecule has 1 aliphatic heterocycles. The van der Waals surface area contributed by atoms with E-state index in [0.29, 0.717) is 35.8 Å². The summed E-state index contributed by atoms with van der Waals surface area (Å²) in [5.41, 5.74) is 2.13. The molecule has 1 amide bonds. The summed E-state index contributed by atoms with van der Waals surface area (Å²) in [6.45, 7) is 3.36. The Bertz CT molecular complexity index is 987. The van der Waals surface area contributed by atoms with Crippen molar-refractivity contribution >= 4 is 45.0 Å². The van der Waals surface area contributed by atoms with Gasteiger partial charge in [-0.05, 0) is 37.0 Å². The van der Waals surface area contributed by atoms with Crippen LogP contribution >= 0.6 is 22.9 Å². The van der Waals surface area contributed by atoms with E-state index in [-0.39, 0.29) is 11.9 Å². The number of rotatable bonds is 5. The number of likely N-dealkylation sites (tertiary alicyclic amines) is 1. The van der Waals surface area contributed by atoms with E-state index in [1.807, 2.05) is 31.5 Å². The van der Waals surface area contributed by atoms with Crippen molar-refractivity contribution in [1.29, 1.82) is 0 Å². The summed E-state index contributed by atoms with van der Waals surface area (Å²) >= 11 is 7.51. The van der Waals surface area contributed by atoms with Crippen LogP contribution < -0.4 is 10.6 Å². The molecule has 3 aromatic heterocycles. The van der Waals surface area contributed by atoms with Gasteiger partial charge in [0.05, 0.1) is 21.3 Å². The van der Waals surface area contributed by atoms with E-state index in [0.717, 1.165) is 15.8 Å². The monoisotopic (exact) mass is 402 g/mol. The standard InChI is InChI=1S/C18H19ClN6OS/c1-10(11-5-12(19)7-21-6-11)22-18-23-14-3-4-27-16(14)15(24-18)17(26)25-8-13(9-25)20-2/h3-7,10,13,20H,8-9H2,1-2H3,(H,22,23,24). The molecule has 7 nitrogen and oxygen atoms in total. The van der Waals surface area contributed by atoms with Gasteiger partial charge in [-0.15, -0.1) is 11.3 Å². The van der Waals surface area contributed by atoms with E-state index >= 15 is 0 Å². The minimum Gasteiger partial charge on any atom is -0.348 e. The van der Waals surface area contributed by atoms with Crippen LogP contribution in [0.4, 0.5) is 5.95 Å². The lowest BCUT2D eigenvalue weighted by Gasteiger charge is -2.38. The second-order valence-corrected chi connectivity index (χ2v) is 7.88. The third-order valence-electron chi connectivity index (χ3n) is 4.65. The highest BCUT2D eigenvalue weighted by Crippen LogP contribution is 2.27. The number of anilines is 1. The van der Waals surface area contributed by atoms with Gasteiger partial charge in [0.15, 0.2) is 5.69 Å². The van der Waals surface area contributed by atoms with Crippen molar-refractivity contribution < 1.29 is 4.79 Å². The zero-order valence-corrected chi connectivity index (χ0v) is 16.5. The molecule has 0 spiro atoms. The summed E-state index contributed by atoms with van der Waals surface area (Å²) in [7, 11) is 1.91. The molecule has 140 valence electrons. The topological polar surface area (TPSA) is 83.0 Å². The maximum absolute atomic E-state index is 12.9. The van der Waals surface area contributed by atoms with Gasteiger partial charge in [-0.1, -0.05) is 11.6 Å². The fourth-order valence-corrected chi connectivity index (χ4v) is 3.99. The molecule has 1 saturated heterocycles. The van der Waals surface area contributed by atoms with Gasteiger partial charge in [0.2, 0.25) is 5.95 Å². The molecule has 4 rings (SSSR count). The van der Waals surface area contributed by atoms with Gasteiger partial charge in [0.25, 0.3) is 5.91 Å². The molecule has 27 heavy (non-hydrogen) atoms. The average Bonchev–Trinajstić information content (AvgIpc) is 3.08. The van der Waals surface area contributed by atoms with Crippen LogP contribution in [0.2, 0.25) is 5.02 Å². The van der Waals surface area contributed by atoms with Crippen LogP contribution in [0.25, 0.3) is 10.2 Å². The fourth-order valence-electron chi connectivity index (χ4n) is 2.99. The molecular weight excluding hydrogens is 384 g/mol. The van der Waals surface area contributed by atoms with Crippen LogP contribution in [-0.2, 0) is 0 Å². The summed E-state index contributed by atoms with van der Waals surface area (Å²) in [5, 5.41) is 8.93. The van der Waals surface area contributed by atoms with Crippen molar-refractivity contribution in [3.63, 3.8) is 0 Å². The number of nitrogens with one attached hydrogen (secondary N) is 2. The number of likely N-dealkylation sites (N-methyl/N-ethyl adjacent to an activating group) is 1. The van der Waals surface area contributed by atoms with E-state index < -0.39 is 0 Å². The van der Waals surface area contributed by atoms with Gasteiger partial charge >= 0.3 is 0 Å². The Morgan fingerprint density at radius 3 is 2.93 bits per heavy atom. The summed E-state index contributed by atoms with van der Waals surface area (Å²) < 4.78 is 0.815. The number of amides is 1. The van der Waals surface area contributed by atoms with Crippen molar-refractivity contribution in [3.8, 4) is 0 Å². The molecule has 1 unspecified atom stereocenters. The fraction of sp³-hybridized carbons (Fsp3) is 0.333. The zero-order chi connectivity index (χ0) is 19.0. The van der Waals surface area contributed by atoms with E-state index in [9.17, 15) is 4.79 Å². The number of nitrogens with zero attached hydrogens (tertiary/aromatic N) is 4. The van der Waals surface area contributed by atoms with Crippen LogP contribution in [0.3, 0.4) is 0 Å². The highest BCUT2D eigenvalue weighted by Gasteiger charge is 2.32. The lowest BCUT2D eigenvalue weighted by molar-refractivity contribution is 0.0573. The highest BCUT2D eigenvalue weighted by atomic mass is 35.5. The van der Waals surface area contributed by atoms with Gasteiger partial charge < -0.3 is 15.5 Å². The number of halogens is 1. The average molecular weight is 403 g/mol. The maximum Gasteiger partial charge on any atom is 0.274 e. The van der Waals surface area contributed by atoms with E-state index in [1.54, 1.807) is 17.3 Å². The number of thiophene rings is 1. The first-order valence-electron chi connectivity index (χ1n) is 8.64. The summed E-state index contributed by atoms with van der Waals surface area (Å²) in [5.74, 6) is 0.360. The van der Waals surface area contributed by atoms with Gasteiger partial charge in [-0.25, -0.2) is 9.97 Å². The second-order valence-electron chi connectivity index (χ2n) is 6.53. The normalized spacial score (nSPS) is 15.6. The molecule has 0 bridgehead atoms. The number of aromatic nitrogens is 3. The Morgan fingerprint density at radius 2 is 2.19 bits per heavy atom. The first-order chi connectivity index (χ1) is 13.0. The Hall–Kier alpha value is -2.29. The molecule has 1 aliphatic rings. The SMILES string of the molecule is CNC1CN(C(=O)c2nc(NC(C)c3cncc(Cl)c3)nc3ccsc23)C1. The summed E-state index contributed by atoms with van der Waals surface area (Å²) in [4.78, 5) is 27.9. The predicted molar refractivity (Wildman–Crippen MR) is 107 cm³/mol. The van der Waals surface area contributed by atoms with E-state index in [2.05, 4.69) is 25.6 Å². The lowest BCUT2D eigenvalue weighted by Crippen LogP contribution is -2.59. The van der Waals surface area contributed by atoms with Crippen molar-refractivity contribution in [2.45, 2.75) is 19.0 Å². The van der Waals surface area contributed by atoms with E-state index in [1.165, 1.54) is 11.3 Å². The second kappa shape index (κ2) is 7.38. The van der Waals surface area contributed by atoms with Crippen molar-refractivity contribution in [2.75, 3.05) is 25.5 Å². The van der Waals surface area contributed by atoms with Crippen molar-refractivity contribution in [2.24, 2.45) is 0 Å². The quantitative estimate of drug-likeness (QED) is 0.682. The highest BCUT2D eigenvalue weighted by molar-refractivity contribution is 7.17. The van der Waals surface area contributed by atoms with Crippen LogP contribution in [-0.4, -0.2) is 51.9 Å². The van der Waals surface area contributed by atoms with Gasteiger partial charge in [0, 0.05) is 31.5 Å². The first-order valence-corrected chi connectivity index (χ1v) is 9.89. The molecule has 1 fully saturated rings. The first kappa shape index (κ1) is 18.1. The Kier molecular flexibility index (Phi) is 4.94. The largest absolute Gasteiger partial charge is 0.348 e. The molecule has 2 N–H and O–H groups in total. The number of pyridine rings is 1. The number of hydrogen-bond donors (Lipinski definition) is 2. The Labute approximate surface area is 165 Å². The Balaban J connectivity index is 1.61. The number of carbonyl (C=O) groups excluding carboxylic acids is 1. The van der Waals surface area contributed by atoms with Crippen LogP contribution in [0, 0.1) is 0 Å². The summed E-state index contributed by atoms with van der Waals surface area (Å²) in [6, 6.07) is 4.00. The van der Waals surface area contributed by atoms with Crippen LogP contribution in [0.5, 0.6) is 0 Å². The third kappa shape index (κ3) is 3.60. The molecule has 0 radical (unpaired) electrons. The molecule has 3 aromatic rings. The van der Waals surface area contributed by atoms with Crippen LogP contribution in [0.1, 0.15) is 29.0 Å². The minimum absolute atomic E-state index is 0.0588. The molecule has 0 saturated carbocycles. The van der Waals surface area contributed by atoms with Gasteiger partial charge in [-0.3, -0.25) is 9.78 Å².